The number of Topliss-reactive ketones (excluding diaryl/α,β-unsaturated/α-hetero) is 1. The highest BCUT2D eigenvalue weighted by Gasteiger charge is 2.30. The number of hydrazine groups is 1. The van der Waals surface area contributed by atoms with E-state index in [0.29, 0.717) is 29.8 Å². The van der Waals surface area contributed by atoms with E-state index in [0.717, 1.165) is 23.7 Å². The second kappa shape index (κ2) is 7.89. The fourth-order valence-electron chi connectivity index (χ4n) is 3.04. The van der Waals surface area contributed by atoms with E-state index in [4.69, 9.17) is 11.6 Å². The van der Waals surface area contributed by atoms with Crippen LogP contribution in [0.2, 0.25) is 0 Å². The van der Waals surface area contributed by atoms with Gasteiger partial charge in [-0.15, -0.1) is 5.10 Å². The van der Waals surface area contributed by atoms with Gasteiger partial charge in [0.2, 0.25) is 0 Å². The number of alkyl halides is 3. The molecular formula is C19H20F3N5O. The van der Waals surface area contributed by atoms with Crippen LogP contribution in [0.25, 0.3) is 0 Å². The molecule has 0 aromatic heterocycles. The van der Waals surface area contributed by atoms with Gasteiger partial charge >= 0.3 is 6.18 Å². The first kappa shape index (κ1) is 19.7. The van der Waals surface area contributed by atoms with E-state index in [9.17, 15) is 18.0 Å². The number of rotatable bonds is 5. The number of halogens is 3. The number of ketones is 1. The summed E-state index contributed by atoms with van der Waals surface area (Å²) in [7, 11) is 0. The van der Waals surface area contributed by atoms with E-state index >= 15 is 0 Å². The van der Waals surface area contributed by atoms with Crippen molar-refractivity contribution in [1.29, 1.82) is 0 Å². The highest BCUT2D eigenvalue weighted by molar-refractivity contribution is 6.03. The molecule has 6 nitrogen and oxygen atoms in total. The van der Waals surface area contributed by atoms with Crippen molar-refractivity contribution in [2.24, 2.45) is 16.7 Å². The van der Waals surface area contributed by atoms with Crippen molar-refractivity contribution in [2.45, 2.75) is 31.5 Å². The molecule has 28 heavy (non-hydrogen) atoms. The van der Waals surface area contributed by atoms with Gasteiger partial charge in [-0.25, -0.2) is 11.0 Å². The van der Waals surface area contributed by atoms with Crippen LogP contribution in [0.3, 0.4) is 0 Å². The van der Waals surface area contributed by atoms with Crippen molar-refractivity contribution >= 4 is 23.0 Å². The molecule has 1 saturated carbocycles. The molecule has 0 spiro atoms. The molecule has 0 bridgehead atoms. The van der Waals surface area contributed by atoms with Crippen LogP contribution in [0.15, 0.2) is 53.6 Å². The third-order valence-corrected chi connectivity index (χ3v) is 4.51. The van der Waals surface area contributed by atoms with E-state index in [2.05, 4.69) is 10.4 Å². The molecule has 1 fully saturated rings. The van der Waals surface area contributed by atoms with E-state index in [-0.39, 0.29) is 11.6 Å². The summed E-state index contributed by atoms with van der Waals surface area (Å²) in [5.41, 5.74) is 6.87. The highest BCUT2D eigenvalue weighted by atomic mass is 19.4. The van der Waals surface area contributed by atoms with Gasteiger partial charge in [0.15, 0.2) is 11.6 Å². The molecule has 2 aromatic carbocycles. The Bertz CT molecular complexity index is 880. The Balaban J connectivity index is 1.81. The van der Waals surface area contributed by atoms with Gasteiger partial charge in [-0.05, 0) is 49.2 Å². The van der Waals surface area contributed by atoms with Crippen molar-refractivity contribution in [3.63, 3.8) is 0 Å². The molecule has 3 rings (SSSR count). The number of hydrazone groups is 1. The lowest BCUT2D eigenvalue weighted by molar-refractivity contribution is -0.137. The fraction of sp³-hybridized carbons (Fsp3) is 0.263. The average Bonchev–Trinajstić information content (AvgIpc) is 3.08. The normalized spacial score (nSPS) is 17.6. The second-order valence-corrected chi connectivity index (χ2v) is 6.49. The van der Waals surface area contributed by atoms with Gasteiger partial charge in [0, 0.05) is 23.4 Å². The maximum atomic E-state index is 12.7. The van der Waals surface area contributed by atoms with Crippen LogP contribution in [-0.2, 0) is 11.0 Å². The first-order chi connectivity index (χ1) is 13.3. The second-order valence-electron chi connectivity index (χ2n) is 6.49. The van der Waals surface area contributed by atoms with Crippen molar-refractivity contribution < 1.29 is 18.0 Å². The molecule has 1 aliphatic carbocycles. The lowest BCUT2D eigenvalue weighted by Gasteiger charge is -2.20. The van der Waals surface area contributed by atoms with Crippen molar-refractivity contribution in [1.82, 2.24) is 5.12 Å². The number of amidine groups is 1. The number of nitrogens with two attached hydrogens (primary N) is 2. The van der Waals surface area contributed by atoms with Gasteiger partial charge < -0.3 is 11.1 Å². The predicted molar refractivity (Wildman–Crippen MR) is 101 cm³/mol. The van der Waals surface area contributed by atoms with Crippen LogP contribution in [0.5, 0.6) is 0 Å². The van der Waals surface area contributed by atoms with E-state index < -0.39 is 17.8 Å². The summed E-state index contributed by atoms with van der Waals surface area (Å²) in [6.45, 7) is 0. The number of hydrogen-bond acceptors (Lipinski definition) is 5. The minimum Gasteiger partial charge on any atom is -0.382 e. The molecule has 0 radical (unpaired) electrons. The summed E-state index contributed by atoms with van der Waals surface area (Å²) in [6.07, 6.45) is -2.54. The number of benzene rings is 2. The van der Waals surface area contributed by atoms with E-state index in [1.807, 2.05) is 0 Å². The minimum atomic E-state index is -4.39. The topological polar surface area (TPSA) is 96.7 Å². The lowest BCUT2D eigenvalue weighted by Crippen LogP contribution is -2.41. The maximum absolute atomic E-state index is 12.7. The Morgan fingerprint density at radius 1 is 1.14 bits per heavy atom. The summed E-state index contributed by atoms with van der Waals surface area (Å²) in [6, 6.07) is 11.1. The zero-order chi connectivity index (χ0) is 20.3. The van der Waals surface area contributed by atoms with Gasteiger partial charge in [-0.3, -0.25) is 4.79 Å². The van der Waals surface area contributed by atoms with Gasteiger partial charge in [0.25, 0.3) is 0 Å². The SMILES string of the molecule is N/C(=N\N(N)C1CCCC1=O)c1ccccc1Nc1ccc(C(F)(F)F)cc1. The Kier molecular flexibility index (Phi) is 5.55. The molecule has 0 heterocycles. The maximum Gasteiger partial charge on any atom is 0.416 e. The Morgan fingerprint density at radius 3 is 2.43 bits per heavy atom. The van der Waals surface area contributed by atoms with Gasteiger partial charge in [0.1, 0.15) is 6.04 Å². The number of para-hydroxylation sites is 1. The predicted octanol–water partition coefficient (Wildman–Crippen LogP) is 3.37. The number of nitrogens with one attached hydrogen (secondary N) is 1. The molecule has 2 aromatic rings. The molecule has 1 unspecified atom stereocenters. The van der Waals surface area contributed by atoms with Crippen molar-refractivity contribution in [2.75, 3.05) is 5.32 Å². The summed E-state index contributed by atoms with van der Waals surface area (Å²) in [4.78, 5) is 11.8. The summed E-state index contributed by atoms with van der Waals surface area (Å²) in [5, 5.41) is 8.24. The summed E-state index contributed by atoms with van der Waals surface area (Å²) >= 11 is 0. The molecule has 5 N–H and O–H groups in total. The Labute approximate surface area is 160 Å². The average molecular weight is 391 g/mol. The van der Waals surface area contributed by atoms with Gasteiger partial charge in [-0.1, -0.05) is 12.1 Å². The van der Waals surface area contributed by atoms with E-state index in [1.165, 1.54) is 12.1 Å². The number of nitrogens with zero attached hydrogens (tertiary/aromatic N) is 2. The van der Waals surface area contributed by atoms with Crippen molar-refractivity contribution in [3.05, 3.63) is 59.7 Å². The van der Waals surface area contributed by atoms with Gasteiger partial charge in [-0.2, -0.15) is 13.2 Å². The Hall–Kier alpha value is -3.07. The van der Waals surface area contributed by atoms with Crippen molar-refractivity contribution in [3.8, 4) is 0 Å². The minimum absolute atomic E-state index is 0.0233. The quantitative estimate of drug-likeness (QED) is 0.314. The number of hydrogen-bond donors (Lipinski definition) is 3. The van der Waals surface area contributed by atoms with Crippen LogP contribution in [0.1, 0.15) is 30.4 Å². The number of carbonyl (C=O) groups excluding carboxylic acids is 1. The molecule has 0 aliphatic heterocycles. The van der Waals surface area contributed by atoms with Crippen LogP contribution < -0.4 is 16.9 Å². The Morgan fingerprint density at radius 2 is 1.82 bits per heavy atom. The smallest absolute Gasteiger partial charge is 0.382 e. The van der Waals surface area contributed by atoms with Crippen LogP contribution >= 0.6 is 0 Å². The number of carbonyl (C=O) groups is 1. The third-order valence-electron chi connectivity index (χ3n) is 4.51. The zero-order valence-electron chi connectivity index (χ0n) is 14.9. The first-order valence-electron chi connectivity index (χ1n) is 8.70. The molecular weight excluding hydrogens is 371 g/mol. The molecule has 1 atom stereocenters. The molecule has 1 aliphatic rings. The summed E-state index contributed by atoms with van der Waals surface area (Å²) < 4.78 is 38.1. The monoisotopic (exact) mass is 391 g/mol. The molecule has 148 valence electrons. The highest BCUT2D eigenvalue weighted by Crippen LogP contribution is 2.30. The number of anilines is 2. The van der Waals surface area contributed by atoms with Crippen LogP contribution in [-0.4, -0.2) is 22.8 Å². The van der Waals surface area contributed by atoms with Crippen LogP contribution in [0, 0.1) is 0 Å². The molecule has 9 heteroatoms. The fourth-order valence-corrected chi connectivity index (χ4v) is 3.04. The zero-order valence-corrected chi connectivity index (χ0v) is 14.9. The largest absolute Gasteiger partial charge is 0.416 e. The van der Waals surface area contributed by atoms with E-state index in [1.54, 1.807) is 24.3 Å². The molecule has 0 saturated heterocycles. The van der Waals surface area contributed by atoms with Gasteiger partial charge in [0.05, 0.1) is 5.56 Å². The first-order valence-corrected chi connectivity index (χ1v) is 8.70. The van der Waals surface area contributed by atoms with Crippen LogP contribution in [0.4, 0.5) is 24.5 Å². The lowest BCUT2D eigenvalue weighted by atomic mass is 10.1. The molecule has 0 amide bonds. The standard InChI is InChI=1S/C19H20F3N5O/c20-19(21,22)12-8-10-13(11-9-12)25-15-5-2-1-4-14(15)18(23)26-27(24)16-6-3-7-17(16)28/h1-2,4-5,8-11,16,25H,3,6-7,24H2,(H2,23,26). The summed E-state index contributed by atoms with van der Waals surface area (Å²) in [5.74, 6) is 6.00. The third kappa shape index (κ3) is 4.42.